The molecular weight excluding hydrogens is 212 g/mol. The molecule has 0 spiro atoms. The smallest absolute Gasteiger partial charge is 0.0469 e. The van der Waals surface area contributed by atoms with Gasteiger partial charge in [0, 0.05) is 31.5 Å². The Hall–Kier alpha value is -1.06. The number of benzene rings is 1. The van der Waals surface area contributed by atoms with E-state index >= 15 is 0 Å². The number of hydrogen-bond donors (Lipinski definition) is 2. The van der Waals surface area contributed by atoms with Crippen LogP contribution in [0.15, 0.2) is 24.3 Å². The summed E-state index contributed by atoms with van der Waals surface area (Å²) in [5.41, 5.74) is 7.99. The first-order chi connectivity index (χ1) is 8.27. The van der Waals surface area contributed by atoms with E-state index in [0.29, 0.717) is 6.04 Å². The van der Waals surface area contributed by atoms with Gasteiger partial charge < -0.3 is 15.8 Å². The van der Waals surface area contributed by atoms with Crippen LogP contribution in [-0.2, 0) is 11.3 Å². The molecule has 0 saturated carbocycles. The molecule has 3 nitrogen and oxygen atoms in total. The maximum absolute atomic E-state index is 5.93. The average Bonchev–Trinajstić information content (AvgIpc) is 2.38. The standard InChI is InChI=1S/C14H22N2O/c1-11(12-6-8-17-9-7-12)16-10-13-4-2-3-5-14(13)15/h2-5,11-12,16H,6-10,15H2,1H3. The highest BCUT2D eigenvalue weighted by Gasteiger charge is 2.19. The fraction of sp³-hybridized carbons (Fsp3) is 0.571. The lowest BCUT2D eigenvalue weighted by Gasteiger charge is -2.28. The van der Waals surface area contributed by atoms with Crippen molar-refractivity contribution in [2.75, 3.05) is 18.9 Å². The van der Waals surface area contributed by atoms with Crippen LogP contribution in [0.5, 0.6) is 0 Å². The van der Waals surface area contributed by atoms with Gasteiger partial charge in [0.2, 0.25) is 0 Å². The molecule has 0 aliphatic carbocycles. The normalized spacial score (nSPS) is 19.1. The van der Waals surface area contributed by atoms with Gasteiger partial charge in [-0.15, -0.1) is 0 Å². The largest absolute Gasteiger partial charge is 0.398 e. The monoisotopic (exact) mass is 234 g/mol. The summed E-state index contributed by atoms with van der Waals surface area (Å²) in [7, 11) is 0. The predicted molar refractivity (Wildman–Crippen MR) is 70.7 cm³/mol. The third kappa shape index (κ3) is 3.45. The van der Waals surface area contributed by atoms with E-state index < -0.39 is 0 Å². The zero-order valence-corrected chi connectivity index (χ0v) is 10.5. The van der Waals surface area contributed by atoms with Crippen molar-refractivity contribution in [1.82, 2.24) is 5.32 Å². The minimum absolute atomic E-state index is 0.526. The molecule has 0 amide bonds. The summed E-state index contributed by atoms with van der Waals surface area (Å²) in [5.74, 6) is 0.730. The summed E-state index contributed by atoms with van der Waals surface area (Å²) in [6.07, 6.45) is 2.33. The van der Waals surface area contributed by atoms with Gasteiger partial charge in [0.05, 0.1) is 0 Å². The molecule has 1 aliphatic heterocycles. The van der Waals surface area contributed by atoms with Crippen LogP contribution in [-0.4, -0.2) is 19.3 Å². The molecular formula is C14H22N2O. The molecule has 1 aromatic rings. The van der Waals surface area contributed by atoms with Crippen molar-refractivity contribution in [3.63, 3.8) is 0 Å². The number of anilines is 1. The molecule has 0 aromatic heterocycles. The van der Waals surface area contributed by atoms with Gasteiger partial charge >= 0.3 is 0 Å². The topological polar surface area (TPSA) is 47.3 Å². The molecule has 1 atom stereocenters. The summed E-state index contributed by atoms with van der Waals surface area (Å²) < 4.78 is 5.38. The van der Waals surface area contributed by atoms with E-state index in [1.807, 2.05) is 18.2 Å². The molecule has 1 aromatic carbocycles. The van der Waals surface area contributed by atoms with Crippen molar-refractivity contribution in [1.29, 1.82) is 0 Å². The molecule has 1 fully saturated rings. The van der Waals surface area contributed by atoms with E-state index in [-0.39, 0.29) is 0 Å². The van der Waals surface area contributed by atoms with Crippen LogP contribution in [0, 0.1) is 5.92 Å². The Balaban J connectivity index is 1.83. The molecule has 1 aliphatic rings. The van der Waals surface area contributed by atoms with Crippen molar-refractivity contribution in [2.45, 2.75) is 32.4 Å². The number of nitrogen functional groups attached to an aromatic ring is 1. The first kappa shape index (κ1) is 12.4. The van der Waals surface area contributed by atoms with Gasteiger partial charge in [-0.2, -0.15) is 0 Å². The second-order valence-electron chi connectivity index (χ2n) is 4.82. The lowest BCUT2D eigenvalue weighted by atomic mass is 9.93. The zero-order valence-electron chi connectivity index (χ0n) is 10.5. The SMILES string of the molecule is CC(NCc1ccccc1N)C1CCOCC1. The van der Waals surface area contributed by atoms with E-state index in [1.54, 1.807) is 0 Å². The average molecular weight is 234 g/mol. The van der Waals surface area contributed by atoms with Crippen molar-refractivity contribution >= 4 is 5.69 Å². The molecule has 94 valence electrons. The summed E-state index contributed by atoms with van der Waals surface area (Å²) in [4.78, 5) is 0. The van der Waals surface area contributed by atoms with Gasteiger partial charge in [-0.25, -0.2) is 0 Å². The first-order valence-corrected chi connectivity index (χ1v) is 6.42. The van der Waals surface area contributed by atoms with Gasteiger partial charge in [0.15, 0.2) is 0 Å². The van der Waals surface area contributed by atoms with Crippen LogP contribution >= 0.6 is 0 Å². The maximum Gasteiger partial charge on any atom is 0.0469 e. The van der Waals surface area contributed by atoms with E-state index in [4.69, 9.17) is 10.5 Å². The summed E-state index contributed by atoms with van der Waals surface area (Å²) in [6, 6.07) is 8.57. The van der Waals surface area contributed by atoms with Crippen molar-refractivity contribution in [3.8, 4) is 0 Å². The van der Waals surface area contributed by atoms with E-state index in [1.165, 1.54) is 18.4 Å². The third-order valence-corrected chi connectivity index (χ3v) is 3.64. The third-order valence-electron chi connectivity index (χ3n) is 3.64. The number of rotatable bonds is 4. The van der Waals surface area contributed by atoms with Crippen molar-refractivity contribution in [3.05, 3.63) is 29.8 Å². The molecule has 1 saturated heterocycles. The molecule has 1 heterocycles. The van der Waals surface area contributed by atoms with Gasteiger partial charge in [-0.05, 0) is 37.3 Å². The first-order valence-electron chi connectivity index (χ1n) is 6.42. The highest BCUT2D eigenvalue weighted by atomic mass is 16.5. The predicted octanol–water partition coefficient (Wildman–Crippen LogP) is 2.17. The van der Waals surface area contributed by atoms with Gasteiger partial charge in [0.25, 0.3) is 0 Å². The van der Waals surface area contributed by atoms with E-state index in [9.17, 15) is 0 Å². The van der Waals surface area contributed by atoms with Crippen LogP contribution in [0.3, 0.4) is 0 Å². The number of hydrogen-bond acceptors (Lipinski definition) is 3. The Kier molecular flexibility index (Phi) is 4.40. The van der Waals surface area contributed by atoms with Crippen LogP contribution in [0.4, 0.5) is 5.69 Å². The lowest BCUT2D eigenvalue weighted by Crippen LogP contribution is -2.36. The number of nitrogens with one attached hydrogen (secondary N) is 1. The van der Waals surface area contributed by atoms with Crippen LogP contribution in [0.1, 0.15) is 25.3 Å². The minimum Gasteiger partial charge on any atom is -0.398 e. The molecule has 3 N–H and O–H groups in total. The van der Waals surface area contributed by atoms with Crippen molar-refractivity contribution < 1.29 is 4.74 Å². The summed E-state index contributed by atoms with van der Waals surface area (Å²) >= 11 is 0. The number of ether oxygens (including phenoxy) is 1. The zero-order chi connectivity index (χ0) is 12.1. The van der Waals surface area contributed by atoms with Crippen LogP contribution in [0.25, 0.3) is 0 Å². The quantitative estimate of drug-likeness (QED) is 0.785. The maximum atomic E-state index is 5.93. The number of para-hydroxylation sites is 1. The lowest BCUT2D eigenvalue weighted by molar-refractivity contribution is 0.0558. The molecule has 1 unspecified atom stereocenters. The van der Waals surface area contributed by atoms with E-state index in [0.717, 1.165) is 31.4 Å². The van der Waals surface area contributed by atoms with Crippen molar-refractivity contribution in [2.24, 2.45) is 5.92 Å². The van der Waals surface area contributed by atoms with Crippen LogP contribution in [0.2, 0.25) is 0 Å². The molecule has 0 bridgehead atoms. The Labute approximate surface area is 103 Å². The Bertz CT molecular complexity index is 348. The highest BCUT2D eigenvalue weighted by molar-refractivity contribution is 5.46. The van der Waals surface area contributed by atoms with Gasteiger partial charge in [-0.3, -0.25) is 0 Å². The van der Waals surface area contributed by atoms with Crippen LogP contribution < -0.4 is 11.1 Å². The Morgan fingerprint density at radius 2 is 2.06 bits per heavy atom. The Morgan fingerprint density at radius 1 is 1.35 bits per heavy atom. The highest BCUT2D eigenvalue weighted by Crippen LogP contribution is 2.19. The second-order valence-corrected chi connectivity index (χ2v) is 4.82. The molecule has 3 heteroatoms. The fourth-order valence-corrected chi connectivity index (χ4v) is 2.35. The van der Waals surface area contributed by atoms with Gasteiger partial charge in [0.1, 0.15) is 0 Å². The Morgan fingerprint density at radius 3 is 2.76 bits per heavy atom. The second kappa shape index (κ2) is 6.03. The fourth-order valence-electron chi connectivity index (χ4n) is 2.35. The number of nitrogens with two attached hydrogens (primary N) is 1. The minimum atomic E-state index is 0.526. The van der Waals surface area contributed by atoms with E-state index in [2.05, 4.69) is 18.3 Å². The summed E-state index contributed by atoms with van der Waals surface area (Å²) in [6.45, 7) is 4.93. The molecule has 2 rings (SSSR count). The molecule has 0 radical (unpaired) electrons. The molecule has 17 heavy (non-hydrogen) atoms. The van der Waals surface area contributed by atoms with Gasteiger partial charge in [-0.1, -0.05) is 18.2 Å². The summed E-state index contributed by atoms with van der Waals surface area (Å²) in [5, 5.41) is 3.57.